The van der Waals surface area contributed by atoms with Crippen molar-refractivity contribution in [1.29, 1.82) is 0 Å². The standard InChI is InChI=1S/C23H24ClN5O5/c1-3-29(12-18-25-15-10-13(24)7-8-14(15)21(30)27-18)11-16-19(22(31)33-4-2)20(28-23(32)26-16)17-6-5-9-34-17/h5-10,20H,3-4,11-12H2,1-2H3,(H,25,27,30)(H2,26,28,32)/t20-/m0/s1. The monoisotopic (exact) mass is 485 g/mol. The number of halogens is 1. The van der Waals surface area contributed by atoms with E-state index in [1.165, 1.54) is 6.26 Å². The van der Waals surface area contributed by atoms with Crippen LogP contribution in [0.15, 0.2) is 57.1 Å². The van der Waals surface area contributed by atoms with E-state index in [4.69, 9.17) is 20.8 Å². The number of rotatable bonds is 8. The van der Waals surface area contributed by atoms with Crippen molar-refractivity contribution in [1.82, 2.24) is 25.5 Å². The van der Waals surface area contributed by atoms with Gasteiger partial charge in [-0.1, -0.05) is 18.5 Å². The zero-order valence-electron chi connectivity index (χ0n) is 18.7. The maximum Gasteiger partial charge on any atom is 0.338 e. The van der Waals surface area contributed by atoms with Gasteiger partial charge in [0.2, 0.25) is 0 Å². The summed E-state index contributed by atoms with van der Waals surface area (Å²) in [6.45, 7) is 4.83. The fourth-order valence-electron chi connectivity index (χ4n) is 3.81. The topological polar surface area (TPSA) is 130 Å². The number of carbonyl (C=O) groups is 2. The first-order chi connectivity index (χ1) is 16.4. The lowest BCUT2D eigenvalue weighted by atomic mass is 10.00. The van der Waals surface area contributed by atoms with Crippen LogP contribution >= 0.6 is 11.6 Å². The Bertz CT molecular complexity index is 1300. The molecule has 2 aromatic heterocycles. The number of hydrogen-bond acceptors (Lipinski definition) is 7. The van der Waals surface area contributed by atoms with E-state index in [2.05, 4.69) is 20.6 Å². The predicted molar refractivity (Wildman–Crippen MR) is 125 cm³/mol. The van der Waals surface area contributed by atoms with Gasteiger partial charge in [0.15, 0.2) is 0 Å². The summed E-state index contributed by atoms with van der Waals surface area (Å²) in [5, 5.41) is 6.37. The Kier molecular flexibility index (Phi) is 6.99. The Balaban J connectivity index is 1.67. The SMILES string of the molecule is CCOC(=O)C1=C(CN(CC)Cc2nc3cc(Cl)ccc3c(=O)[nH]2)NC(=O)N[C@H]1c1ccco1. The number of urea groups is 1. The second-order valence-electron chi connectivity index (χ2n) is 7.64. The second-order valence-corrected chi connectivity index (χ2v) is 8.07. The number of benzene rings is 1. The van der Waals surface area contributed by atoms with Crippen molar-refractivity contribution in [2.45, 2.75) is 26.4 Å². The van der Waals surface area contributed by atoms with Gasteiger partial charge < -0.3 is 24.8 Å². The number of hydrogen-bond donors (Lipinski definition) is 3. The third-order valence-electron chi connectivity index (χ3n) is 5.40. The lowest BCUT2D eigenvalue weighted by Gasteiger charge is -2.30. The molecule has 0 saturated carbocycles. The van der Waals surface area contributed by atoms with Crippen LogP contribution < -0.4 is 16.2 Å². The van der Waals surface area contributed by atoms with Crippen molar-refractivity contribution in [3.63, 3.8) is 0 Å². The van der Waals surface area contributed by atoms with Gasteiger partial charge in [-0.05, 0) is 43.8 Å². The summed E-state index contributed by atoms with van der Waals surface area (Å²) >= 11 is 6.06. The third-order valence-corrected chi connectivity index (χ3v) is 5.63. The van der Waals surface area contributed by atoms with E-state index in [0.717, 1.165) is 0 Å². The van der Waals surface area contributed by atoms with Crippen molar-refractivity contribution in [3.8, 4) is 0 Å². The van der Waals surface area contributed by atoms with E-state index in [1.54, 1.807) is 37.3 Å². The molecule has 1 aliphatic rings. The number of aromatic nitrogens is 2. The predicted octanol–water partition coefficient (Wildman–Crippen LogP) is 2.86. The summed E-state index contributed by atoms with van der Waals surface area (Å²) in [5.41, 5.74) is 0.854. The Morgan fingerprint density at radius 1 is 1.24 bits per heavy atom. The molecular formula is C23H24ClN5O5. The van der Waals surface area contributed by atoms with E-state index < -0.39 is 18.0 Å². The van der Waals surface area contributed by atoms with E-state index in [1.807, 2.05) is 11.8 Å². The number of likely N-dealkylation sites (N-methyl/N-ethyl adjacent to an activating group) is 1. The van der Waals surface area contributed by atoms with Crippen LogP contribution in [0, 0.1) is 0 Å². The van der Waals surface area contributed by atoms with Crippen molar-refractivity contribution < 1.29 is 18.7 Å². The number of H-pyrrole nitrogens is 1. The molecule has 0 fully saturated rings. The van der Waals surface area contributed by atoms with Crippen LogP contribution in [0.5, 0.6) is 0 Å². The van der Waals surface area contributed by atoms with Crippen molar-refractivity contribution in [3.05, 3.63) is 74.8 Å². The van der Waals surface area contributed by atoms with Crippen molar-refractivity contribution in [2.75, 3.05) is 19.7 Å². The van der Waals surface area contributed by atoms with Gasteiger partial charge in [0.05, 0.1) is 35.9 Å². The normalized spacial score (nSPS) is 16.0. The molecule has 2 amide bonds. The summed E-state index contributed by atoms with van der Waals surface area (Å²) < 4.78 is 10.7. The first-order valence-electron chi connectivity index (χ1n) is 10.8. The first kappa shape index (κ1) is 23.5. The molecule has 0 radical (unpaired) electrons. The van der Waals surface area contributed by atoms with Gasteiger partial charge in [0.25, 0.3) is 5.56 Å². The van der Waals surface area contributed by atoms with Crippen LogP contribution in [0.2, 0.25) is 5.02 Å². The molecule has 0 unspecified atom stereocenters. The molecule has 3 heterocycles. The van der Waals surface area contributed by atoms with Crippen LogP contribution in [0.3, 0.4) is 0 Å². The van der Waals surface area contributed by atoms with Crippen molar-refractivity contribution in [2.24, 2.45) is 0 Å². The highest BCUT2D eigenvalue weighted by atomic mass is 35.5. The molecule has 1 aromatic carbocycles. The van der Waals surface area contributed by atoms with E-state index in [-0.39, 0.29) is 30.8 Å². The molecule has 11 heteroatoms. The zero-order chi connectivity index (χ0) is 24.2. The number of fused-ring (bicyclic) bond motifs is 1. The molecule has 10 nitrogen and oxygen atoms in total. The lowest BCUT2D eigenvalue weighted by molar-refractivity contribution is -0.139. The average Bonchev–Trinajstić information content (AvgIpc) is 3.33. The van der Waals surface area contributed by atoms with Gasteiger partial charge in [-0.25, -0.2) is 14.6 Å². The molecule has 3 N–H and O–H groups in total. The third kappa shape index (κ3) is 4.97. The highest BCUT2D eigenvalue weighted by Crippen LogP contribution is 2.28. The van der Waals surface area contributed by atoms with Gasteiger partial charge in [0, 0.05) is 17.3 Å². The quantitative estimate of drug-likeness (QED) is 0.418. The minimum absolute atomic E-state index is 0.177. The lowest BCUT2D eigenvalue weighted by Crippen LogP contribution is -2.48. The molecule has 0 aliphatic carbocycles. The van der Waals surface area contributed by atoms with Crippen LogP contribution in [0.4, 0.5) is 4.79 Å². The van der Waals surface area contributed by atoms with Gasteiger partial charge in [-0.15, -0.1) is 0 Å². The summed E-state index contributed by atoms with van der Waals surface area (Å²) in [5.74, 6) is 0.285. The minimum Gasteiger partial charge on any atom is -0.467 e. The highest BCUT2D eigenvalue weighted by Gasteiger charge is 2.35. The Hall–Kier alpha value is -3.63. The molecular weight excluding hydrogens is 462 g/mol. The Labute approximate surface area is 199 Å². The number of nitrogens with one attached hydrogen (secondary N) is 3. The molecule has 0 saturated heterocycles. The fourth-order valence-corrected chi connectivity index (χ4v) is 3.98. The van der Waals surface area contributed by atoms with Gasteiger partial charge in [0.1, 0.15) is 17.6 Å². The Morgan fingerprint density at radius 3 is 2.76 bits per heavy atom. The number of amides is 2. The largest absolute Gasteiger partial charge is 0.467 e. The molecule has 4 rings (SSSR count). The maximum atomic E-state index is 12.9. The smallest absolute Gasteiger partial charge is 0.338 e. The highest BCUT2D eigenvalue weighted by molar-refractivity contribution is 6.31. The molecule has 34 heavy (non-hydrogen) atoms. The van der Waals surface area contributed by atoms with Gasteiger partial charge in [-0.2, -0.15) is 0 Å². The molecule has 0 spiro atoms. The zero-order valence-corrected chi connectivity index (χ0v) is 19.4. The summed E-state index contributed by atoms with van der Waals surface area (Å²) in [4.78, 5) is 47.0. The molecule has 1 aliphatic heterocycles. The van der Waals surface area contributed by atoms with Gasteiger partial charge in [-0.3, -0.25) is 9.69 Å². The second kappa shape index (κ2) is 10.1. The van der Waals surface area contributed by atoms with Crippen LogP contribution in [0.25, 0.3) is 10.9 Å². The van der Waals surface area contributed by atoms with Crippen LogP contribution in [0.1, 0.15) is 31.5 Å². The minimum atomic E-state index is -0.794. The number of furan rings is 1. The maximum absolute atomic E-state index is 12.9. The van der Waals surface area contributed by atoms with E-state index in [0.29, 0.717) is 39.8 Å². The summed E-state index contributed by atoms with van der Waals surface area (Å²) in [6, 6.07) is 6.99. The summed E-state index contributed by atoms with van der Waals surface area (Å²) in [7, 11) is 0. The van der Waals surface area contributed by atoms with Crippen LogP contribution in [-0.4, -0.2) is 46.6 Å². The Morgan fingerprint density at radius 2 is 2.06 bits per heavy atom. The number of aromatic amines is 1. The molecule has 1 atom stereocenters. The van der Waals surface area contributed by atoms with E-state index in [9.17, 15) is 14.4 Å². The molecule has 0 bridgehead atoms. The summed E-state index contributed by atoms with van der Waals surface area (Å²) in [6.07, 6.45) is 1.47. The van der Waals surface area contributed by atoms with Crippen molar-refractivity contribution >= 4 is 34.5 Å². The molecule has 178 valence electrons. The first-order valence-corrected chi connectivity index (χ1v) is 11.2. The number of esters is 1. The number of carbonyl (C=O) groups excluding carboxylic acids is 2. The van der Waals surface area contributed by atoms with Crippen LogP contribution in [-0.2, 0) is 16.1 Å². The fraction of sp³-hybridized carbons (Fsp3) is 0.304. The number of nitrogens with zero attached hydrogens (tertiary/aromatic N) is 2. The average molecular weight is 486 g/mol. The van der Waals surface area contributed by atoms with E-state index >= 15 is 0 Å². The van der Waals surface area contributed by atoms with Gasteiger partial charge >= 0.3 is 12.0 Å². The molecule has 3 aromatic rings. The number of ether oxygens (including phenoxy) is 1.